The molecule has 0 saturated carbocycles. The molecule has 10 heteroatoms. The molecule has 5 nitrogen and oxygen atoms in total. The van der Waals surface area contributed by atoms with Gasteiger partial charge in [0.2, 0.25) is 15.0 Å². The van der Waals surface area contributed by atoms with Crippen molar-refractivity contribution in [3.63, 3.8) is 0 Å². The summed E-state index contributed by atoms with van der Waals surface area (Å²) in [6.45, 7) is 0. The number of para-hydroxylation sites is 2. The molecule has 28 heavy (non-hydrogen) atoms. The monoisotopic (exact) mass is 423 g/mol. The Balaban J connectivity index is 1.57. The summed E-state index contributed by atoms with van der Waals surface area (Å²) in [4.78, 5) is 11.1. The van der Waals surface area contributed by atoms with Crippen LogP contribution >= 0.6 is 11.3 Å². The molecule has 1 N–H and O–H groups in total. The quantitative estimate of drug-likeness (QED) is 0.517. The van der Waals surface area contributed by atoms with Crippen LogP contribution in [0.3, 0.4) is 0 Å². The molecule has 2 aromatic heterocycles. The van der Waals surface area contributed by atoms with Gasteiger partial charge >= 0.3 is 6.18 Å². The Bertz CT molecular complexity index is 1210. The van der Waals surface area contributed by atoms with Gasteiger partial charge in [0.25, 0.3) is 0 Å². The molecular weight excluding hydrogens is 411 g/mol. The SMILES string of the molecule is O=S(=O)(Cc1csc(-c2ccc(C(F)(F)F)cc2)n1)c1nc2ccccc2[nH]1. The first-order chi connectivity index (χ1) is 13.2. The first-order valence-corrected chi connectivity index (χ1v) is 10.6. The number of aromatic nitrogens is 3. The van der Waals surface area contributed by atoms with Gasteiger partial charge < -0.3 is 4.98 Å². The van der Waals surface area contributed by atoms with E-state index in [1.807, 2.05) is 0 Å². The predicted octanol–water partition coefficient (Wildman–Crippen LogP) is 4.68. The molecule has 0 aliphatic heterocycles. The lowest BCUT2D eigenvalue weighted by Gasteiger charge is -2.06. The first kappa shape index (κ1) is 18.6. The van der Waals surface area contributed by atoms with Crippen molar-refractivity contribution in [1.82, 2.24) is 15.0 Å². The molecule has 0 aliphatic carbocycles. The Morgan fingerprint density at radius 1 is 1.00 bits per heavy atom. The zero-order valence-corrected chi connectivity index (χ0v) is 15.7. The number of hydrogen-bond acceptors (Lipinski definition) is 5. The zero-order valence-electron chi connectivity index (χ0n) is 14.1. The normalized spacial score (nSPS) is 12.5. The van der Waals surface area contributed by atoms with Crippen LogP contribution in [-0.4, -0.2) is 23.4 Å². The van der Waals surface area contributed by atoms with E-state index in [0.29, 0.717) is 27.3 Å². The number of halogens is 3. The van der Waals surface area contributed by atoms with Gasteiger partial charge in [0.15, 0.2) is 0 Å². The third kappa shape index (κ3) is 3.65. The van der Waals surface area contributed by atoms with Crippen molar-refractivity contribution in [2.24, 2.45) is 0 Å². The highest BCUT2D eigenvalue weighted by molar-refractivity contribution is 7.90. The average Bonchev–Trinajstić information content (AvgIpc) is 3.28. The summed E-state index contributed by atoms with van der Waals surface area (Å²) in [6.07, 6.45) is -4.41. The lowest BCUT2D eigenvalue weighted by atomic mass is 10.1. The van der Waals surface area contributed by atoms with Crippen molar-refractivity contribution in [3.05, 3.63) is 65.2 Å². The summed E-state index contributed by atoms with van der Waals surface area (Å²) in [5.74, 6) is -0.357. The van der Waals surface area contributed by atoms with E-state index < -0.39 is 21.6 Å². The Labute approximate surface area is 161 Å². The van der Waals surface area contributed by atoms with Gasteiger partial charge in [-0.15, -0.1) is 11.3 Å². The maximum Gasteiger partial charge on any atom is 0.416 e. The van der Waals surface area contributed by atoms with Crippen LogP contribution < -0.4 is 0 Å². The number of benzene rings is 2. The summed E-state index contributed by atoms with van der Waals surface area (Å²) in [7, 11) is -3.74. The van der Waals surface area contributed by atoms with Crippen LogP contribution in [0, 0.1) is 0 Å². The number of hydrogen-bond donors (Lipinski definition) is 1. The van der Waals surface area contributed by atoms with E-state index in [-0.39, 0.29) is 10.9 Å². The second kappa shape index (κ2) is 6.71. The highest BCUT2D eigenvalue weighted by Crippen LogP contribution is 2.32. The molecule has 0 bridgehead atoms. The Morgan fingerprint density at radius 3 is 2.39 bits per heavy atom. The molecule has 144 valence electrons. The van der Waals surface area contributed by atoms with Gasteiger partial charge in [-0.25, -0.2) is 18.4 Å². The summed E-state index contributed by atoms with van der Waals surface area (Å²) >= 11 is 1.17. The number of rotatable bonds is 4. The fourth-order valence-corrected chi connectivity index (χ4v) is 4.76. The van der Waals surface area contributed by atoms with Crippen LogP contribution in [0.4, 0.5) is 13.2 Å². The topological polar surface area (TPSA) is 75.7 Å². The number of thiazole rings is 1. The molecule has 4 aromatic rings. The molecular formula is C18H12F3N3O2S2. The van der Waals surface area contributed by atoms with Gasteiger partial charge in [-0.05, 0) is 24.3 Å². The number of alkyl halides is 3. The maximum absolute atomic E-state index is 12.7. The van der Waals surface area contributed by atoms with E-state index in [1.165, 1.54) is 23.5 Å². The number of imidazole rings is 1. The van der Waals surface area contributed by atoms with Gasteiger partial charge in [0.05, 0.1) is 22.3 Å². The summed E-state index contributed by atoms with van der Waals surface area (Å²) in [6, 6.07) is 11.6. The van der Waals surface area contributed by atoms with E-state index in [2.05, 4.69) is 15.0 Å². The fraction of sp³-hybridized carbons (Fsp3) is 0.111. The number of H-pyrrole nitrogens is 1. The van der Waals surface area contributed by atoms with Crippen LogP contribution in [0.1, 0.15) is 11.3 Å². The van der Waals surface area contributed by atoms with Crippen LogP contribution in [0.2, 0.25) is 0 Å². The van der Waals surface area contributed by atoms with Crippen molar-refractivity contribution < 1.29 is 21.6 Å². The molecule has 0 unspecified atom stereocenters. The van der Waals surface area contributed by atoms with Crippen LogP contribution in [0.15, 0.2) is 59.1 Å². The molecule has 0 saturated heterocycles. The van der Waals surface area contributed by atoms with Gasteiger partial charge in [-0.1, -0.05) is 24.3 Å². The predicted molar refractivity (Wildman–Crippen MR) is 99.5 cm³/mol. The molecule has 0 spiro atoms. The molecule has 4 rings (SSSR count). The highest BCUT2D eigenvalue weighted by Gasteiger charge is 2.30. The van der Waals surface area contributed by atoms with E-state index in [4.69, 9.17) is 0 Å². The van der Waals surface area contributed by atoms with Gasteiger partial charge in [-0.2, -0.15) is 13.2 Å². The van der Waals surface area contributed by atoms with Gasteiger partial charge in [0.1, 0.15) is 10.8 Å². The van der Waals surface area contributed by atoms with Crippen LogP contribution in [0.5, 0.6) is 0 Å². The Morgan fingerprint density at radius 2 is 1.71 bits per heavy atom. The largest absolute Gasteiger partial charge is 0.416 e. The molecule has 0 aliphatic rings. The highest BCUT2D eigenvalue weighted by atomic mass is 32.2. The minimum Gasteiger partial charge on any atom is -0.329 e. The van der Waals surface area contributed by atoms with Crippen molar-refractivity contribution in [3.8, 4) is 10.6 Å². The van der Waals surface area contributed by atoms with Gasteiger partial charge in [0, 0.05) is 10.9 Å². The third-order valence-electron chi connectivity index (χ3n) is 4.01. The molecule has 0 fully saturated rings. The van der Waals surface area contributed by atoms with Crippen molar-refractivity contribution in [1.29, 1.82) is 0 Å². The second-order valence-corrected chi connectivity index (χ2v) is 8.80. The first-order valence-electron chi connectivity index (χ1n) is 8.02. The van der Waals surface area contributed by atoms with Crippen molar-refractivity contribution in [2.75, 3.05) is 0 Å². The van der Waals surface area contributed by atoms with Crippen molar-refractivity contribution in [2.45, 2.75) is 17.1 Å². The third-order valence-corrected chi connectivity index (χ3v) is 6.41. The Hall–Kier alpha value is -2.72. The fourth-order valence-electron chi connectivity index (χ4n) is 2.65. The number of aromatic amines is 1. The molecule has 0 atom stereocenters. The van der Waals surface area contributed by atoms with E-state index in [1.54, 1.807) is 29.6 Å². The van der Waals surface area contributed by atoms with Gasteiger partial charge in [-0.3, -0.25) is 0 Å². The smallest absolute Gasteiger partial charge is 0.329 e. The summed E-state index contributed by atoms with van der Waals surface area (Å²) in [5.41, 5.74) is 1.21. The summed E-state index contributed by atoms with van der Waals surface area (Å²) in [5, 5.41) is 1.88. The molecule has 0 amide bonds. The molecule has 2 aromatic carbocycles. The number of fused-ring (bicyclic) bond motifs is 1. The molecule has 2 heterocycles. The molecule has 0 radical (unpaired) electrons. The maximum atomic E-state index is 12.7. The lowest BCUT2D eigenvalue weighted by Crippen LogP contribution is -2.07. The van der Waals surface area contributed by atoms with Crippen LogP contribution in [0.25, 0.3) is 21.6 Å². The lowest BCUT2D eigenvalue weighted by molar-refractivity contribution is -0.137. The van der Waals surface area contributed by atoms with Crippen LogP contribution in [-0.2, 0) is 21.8 Å². The van der Waals surface area contributed by atoms with E-state index in [9.17, 15) is 21.6 Å². The van der Waals surface area contributed by atoms with E-state index >= 15 is 0 Å². The standard InChI is InChI=1S/C18H12F3N3O2S2/c19-18(20,21)12-7-5-11(6-8-12)16-22-13(9-27-16)10-28(25,26)17-23-14-3-1-2-4-15(14)24-17/h1-9H,10H2,(H,23,24). The average molecular weight is 423 g/mol. The number of nitrogens with one attached hydrogen (secondary N) is 1. The minimum atomic E-state index is -4.41. The minimum absolute atomic E-state index is 0.141. The Kier molecular flexibility index (Phi) is 4.47. The summed E-state index contributed by atoms with van der Waals surface area (Å²) < 4.78 is 63.2. The zero-order chi connectivity index (χ0) is 19.9. The number of nitrogens with zero attached hydrogens (tertiary/aromatic N) is 2. The second-order valence-electron chi connectivity index (χ2n) is 6.04. The number of sulfone groups is 1. The van der Waals surface area contributed by atoms with E-state index in [0.717, 1.165) is 12.1 Å². The van der Waals surface area contributed by atoms with Crippen molar-refractivity contribution >= 4 is 32.2 Å².